The van der Waals surface area contributed by atoms with E-state index in [1.807, 2.05) is 24.5 Å². The number of nitrogens with two attached hydrogens (primary N) is 1. The number of hydrogen-bond donors (Lipinski definition) is 3. The number of aliphatic hydroxyl groups excluding tert-OH is 1. The Morgan fingerprint density at radius 2 is 2.11 bits per heavy atom. The normalized spacial score (nSPS) is 14.5. The van der Waals surface area contributed by atoms with Gasteiger partial charge in [0, 0.05) is 43.0 Å². The van der Waals surface area contributed by atoms with Crippen molar-refractivity contribution in [2.45, 2.75) is 25.4 Å². The Labute approximate surface area is 113 Å². The van der Waals surface area contributed by atoms with Gasteiger partial charge in [0.1, 0.15) is 0 Å². The van der Waals surface area contributed by atoms with Crippen LogP contribution in [0.2, 0.25) is 0 Å². The zero-order valence-corrected chi connectivity index (χ0v) is 11.2. The predicted molar refractivity (Wildman–Crippen MR) is 77.8 cm³/mol. The average molecular weight is 259 g/mol. The third-order valence-electron chi connectivity index (χ3n) is 3.36. The van der Waals surface area contributed by atoms with Crippen molar-refractivity contribution in [3.8, 4) is 0 Å². The topological polar surface area (TPSA) is 71.2 Å². The molecule has 19 heavy (non-hydrogen) atoms. The molecule has 0 spiro atoms. The molecule has 2 rings (SSSR count). The Bertz CT molecular complexity index is 524. The molecule has 0 aliphatic heterocycles. The van der Waals surface area contributed by atoms with E-state index in [4.69, 9.17) is 10.8 Å². The van der Waals surface area contributed by atoms with E-state index in [0.29, 0.717) is 13.0 Å². The molecule has 0 saturated heterocycles. The number of rotatable bonds is 6. The summed E-state index contributed by atoms with van der Waals surface area (Å²) >= 11 is 0. The van der Waals surface area contributed by atoms with Crippen molar-refractivity contribution in [2.75, 3.05) is 13.2 Å². The Morgan fingerprint density at radius 1 is 1.32 bits per heavy atom. The molecule has 1 aromatic heterocycles. The van der Waals surface area contributed by atoms with Crippen LogP contribution in [0.3, 0.4) is 0 Å². The smallest absolute Gasteiger partial charge is 0.0468 e. The summed E-state index contributed by atoms with van der Waals surface area (Å²) in [5.41, 5.74) is 7.00. The molecule has 1 heterocycles. The second-order valence-corrected chi connectivity index (χ2v) is 4.82. The molecule has 4 N–H and O–H groups in total. The third kappa shape index (κ3) is 3.29. The van der Waals surface area contributed by atoms with Gasteiger partial charge in [-0.25, -0.2) is 0 Å². The number of benzene rings is 1. The number of aliphatic hydroxyl groups is 1. The minimum absolute atomic E-state index is 0.0557. The number of fused-ring (bicyclic) bond motifs is 1. The Hall–Kier alpha value is -1.49. The Morgan fingerprint density at radius 3 is 2.84 bits per heavy atom. The van der Waals surface area contributed by atoms with Crippen LogP contribution in [0.25, 0.3) is 10.8 Å². The molecule has 4 nitrogen and oxygen atoms in total. The lowest BCUT2D eigenvalue weighted by atomic mass is 10.0. The van der Waals surface area contributed by atoms with E-state index in [1.165, 1.54) is 5.39 Å². The summed E-state index contributed by atoms with van der Waals surface area (Å²) in [6.45, 7) is 2.74. The predicted octanol–water partition coefficient (Wildman–Crippen LogP) is 1.60. The summed E-state index contributed by atoms with van der Waals surface area (Å²) in [6, 6.07) is 8.45. The van der Waals surface area contributed by atoms with Crippen molar-refractivity contribution >= 4 is 10.8 Å². The summed E-state index contributed by atoms with van der Waals surface area (Å²) < 4.78 is 0. The van der Waals surface area contributed by atoms with E-state index in [2.05, 4.69) is 29.4 Å². The first-order valence-corrected chi connectivity index (χ1v) is 6.66. The van der Waals surface area contributed by atoms with Gasteiger partial charge in [0.2, 0.25) is 0 Å². The highest BCUT2D eigenvalue weighted by atomic mass is 16.3. The fraction of sp³-hybridized carbons (Fsp3) is 0.400. The molecule has 1 aromatic carbocycles. The van der Waals surface area contributed by atoms with Crippen LogP contribution in [0, 0.1) is 0 Å². The summed E-state index contributed by atoms with van der Waals surface area (Å²) in [5, 5.41) is 14.7. The molecule has 2 unspecified atom stereocenters. The second kappa shape index (κ2) is 6.61. The first-order chi connectivity index (χ1) is 9.26. The van der Waals surface area contributed by atoms with Gasteiger partial charge in [-0.15, -0.1) is 0 Å². The average Bonchev–Trinajstić information content (AvgIpc) is 2.44. The summed E-state index contributed by atoms with van der Waals surface area (Å²) in [7, 11) is 0. The molecule has 4 heteroatoms. The van der Waals surface area contributed by atoms with Gasteiger partial charge in [0.15, 0.2) is 0 Å². The number of pyridine rings is 1. The third-order valence-corrected chi connectivity index (χ3v) is 3.36. The minimum atomic E-state index is 0.0557. The quantitative estimate of drug-likeness (QED) is 0.737. The van der Waals surface area contributed by atoms with Gasteiger partial charge >= 0.3 is 0 Å². The van der Waals surface area contributed by atoms with Crippen molar-refractivity contribution in [3.63, 3.8) is 0 Å². The maximum Gasteiger partial charge on any atom is 0.0468 e. The van der Waals surface area contributed by atoms with E-state index in [-0.39, 0.29) is 18.7 Å². The Balaban J connectivity index is 2.30. The molecular weight excluding hydrogens is 238 g/mol. The highest BCUT2D eigenvalue weighted by Crippen LogP contribution is 2.23. The first kappa shape index (κ1) is 13.9. The van der Waals surface area contributed by atoms with Crippen LogP contribution in [-0.4, -0.2) is 29.3 Å². The largest absolute Gasteiger partial charge is 0.396 e. The van der Waals surface area contributed by atoms with E-state index in [1.54, 1.807) is 0 Å². The highest BCUT2D eigenvalue weighted by Gasteiger charge is 2.15. The number of aromatic nitrogens is 1. The van der Waals surface area contributed by atoms with Crippen molar-refractivity contribution < 1.29 is 5.11 Å². The first-order valence-electron chi connectivity index (χ1n) is 6.66. The maximum atomic E-state index is 8.98. The van der Waals surface area contributed by atoms with Crippen molar-refractivity contribution in [1.29, 1.82) is 0 Å². The zero-order chi connectivity index (χ0) is 13.7. The molecule has 0 amide bonds. The zero-order valence-electron chi connectivity index (χ0n) is 11.2. The number of hydrogen-bond acceptors (Lipinski definition) is 4. The SMILES string of the molecule is CC(CCO)NC(CN)c1cncc2ccccc12. The number of nitrogens with one attached hydrogen (secondary N) is 1. The van der Waals surface area contributed by atoms with Gasteiger partial charge in [0.25, 0.3) is 0 Å². The van der Waals surface area contributed by atoms with Crippen LogP contribution in [0.5, 0.6) is 0 Å². The maximum absolute atomic E-state index is 8.98. The van der Waals surface area contributed by atoms with Gasteiger partial charge in [-0.2, -0.15) is 0 Å². The molecule has 0 aliphatic rings. The van der Waals surface area contributed by atoms with E-state index in [9.17, 15) is 0 Å². The van der Waals surface area contributed by atoms with Gasteiger partial charge in [-0.3, -0.25) is 4.98 Å². The van der Waals surface area contributed by atoms with Crippen molar-refractivity contribution in [2.24, 2.45) is 5.73 Å². The number of nitrogens with zero attached hydrogens (tertiary/aromatic N) is 1. The van der Waals surface area contributed by atoms with Crippen LogP contribution in [0.1, 0.15) is 24.9 Å². The fourth-order valence-electron chi connectivity index (χ4n) is 2.32. The van der Waals surface area contributed by atoms with E-state index in [0.717, 1.165) is 10.9 Å². The van der Waals surface area contributed by atoms with E-state index < -0.39 is 0 Å². The van der Waals surface area contributed by atoms with Gasteiger partial charge in [0.05, 0.1) is 0 Å². The monoisotopic (exact) mass is 259 g/mol. The second-order valence-electron chi connectivity index (χ2n) is 4.82. The molecule has 0 saturated carbocycles. The van der Waals surface area contributed by atoms with Crippen LogP contribution >= 0.6 is 0 Å². The van der Waals surface area contributed by atoms with Crippen molar-refractivity contribution in [3.05, 3.63) is 42.2 Å². The molecular formula is C15H21N3O. The highest BCUT2D eigenvalue weighted by molar-refractivity contribution is 5.85. The minimum Gasteiger partial charge on any atom is -0.396 e. The molecule has 102 valence electrons. The Kier molecular flexibility index (Phi) is 4.85. The molecule has 0 aliphatic carbocycles. The lowest BCUT2D eigenvalue weighted by Crippen LogP contribution is -2.35. The lowest BCUT2D eigenvalue weighted by molar-refractivity contribution is 0.263. The van der Waals surface area contributed by atoms with Gasteiger partial charge in [-0.1, -0.05) is 24.3 Å². The van der Waals surface area contributed by atoms with Crippen LogP contribution in [0.15, 0.2) is 36.7 Å². The molecule has 0 fully saturated rings. The molecule has 0 radical (unpaired) electrons. The van der Waals surface area contributed by atoms with Crippen LogP contribution in [0.4, 0.5) is 0 Å². The molecule has 0 bridgehead atoms. The van der Waals surface area contributed by atoms with Gasteiger partial charge < -0.3 is 16.2 Å². The van der Waals surface area contributed by atoms with Crippen LogP contribution in [-0.2, 0) is 0 Å². The van der Waals surface area contributed by atoms with Gasteiger partial charge in [-0.05, 0) is 24.3 Å². The fourth-order valence-corrected chi connectivity index (χ4v) is 2.32. The molecule has 2 atom stereocenters. The summed E-state index contributed by atoms with van der Waals surface area (Å²) in [5.74, 6) is 0. The molecule has 2 aromatic rings. The lowest BCUT2D eigenvalue weighted by Gasteiger charge is -2.23. The van der Waals surface area contributed by atoms with E-state index >= 15 is 0 Å². The summed E-state index contributed by atoms with van der Waals surface area (Å²) in [4.78, 5) is 4.29. The standard InChI is InChI=1S/C15H21N3O/c1-11(6-7-19)18-15(8-16)14-10-17-9-12-4-2-3-5-13(12)14/h2-5,9-11,15,18-19H,6-8,16H2,1H3. The summed E-state index contributed by atoms with van der Waals surface area (Å²) in [6.07, 6.45) is 4.46. The van der Waals surface area contributed by atoms with Crippen molar-refractivity contribution in [1.82, 2.24) is 10.3 Å². The van der Waals surface area contributed by atoms with Crippen LogP contribution < -0.4 is 11.1 Å².